The lowest BCUT2D eigenvalue weighted by molar-refractivity contribution is 0.411. The highest BCUT2D eigenvalue weighted by atomic mass is 35.5. The van der Waals surface area contributed by atoms with E-state index in [0.29, 0.717) is 29.1 Å². The molecule has 0 aliphatic heterocycles. The van der Waals surface area contributed by atoms with Crippen molar-refractivity contribution in [3.63, 3.8) is 0 Å². The van der Waals surface area contributed by atoms with Gasteiger partial charge >= 0.3 is 0 Å². The average Bonchev–Trinajstić information content (AvgIpc) is 2.77. The van der Waals surface area contributed by atoms with E-state index in [9.17, 15) is 0 Å². The molecule has 0 fully saturated rings. The number of terminal acetylenes is 1. The van der Waals surface area contributed by atoms with Crippen LogP contribution in [0.15, 0.2) is 30.3 Å². The maximum Gasteiger partial charge on any atom is 0.231 e. The van der Waals surface area contributed by atoms with E-state index in [1.165, 1.54) is 0 Å². The molecule has 0 atom stereocenters. The first-order valence-electron chi connectivity index (χ1n) is 8.15. The number of nitrogens with zero attached hydrogens (tertiary/aromatic N) is 1. The number of benzene rings is 1. The third kappa shape index (κ3) is 6.47. The number of ether oxygens (including phenoxy) is 2. The zero-order valence-electron chi connectivity index (χ0n) is 15.4. The predicted molar refractivity (Wildman–Crippen MR) is 116 cm³/mol. The van der Waals surface area contributed by atoms with Crippen LogP contribution in [0.25, 0.3) is 11.3 Å². The van der Waals surface area contributed by atoms with Gasteiger partial charge in [-0.1, -0.05) is 6.07 Å². The Labute approximate surface area is 180 Å². The van der Waals surface area contributed by atoms with Gasteiger partial charge in [-0.25, -0.2) is 4.98 Å². The van der Waals surface area contributed by atoms with Crippen LogP contribution in [0, 0.1) is 59.9 Å². The molecule has 0 saturated carbocycles. The molecular formula is C24H13Cl2NO2. The molecule has 1 aromatic carbocycles. The van der Waals surface area contributed by atoms with Gasteiger partial charge in [0.2, 0.25) is 5.88 Å². The number of pyridine rings is 1. The second kappa shape index (κ2) is 11.9. The topological polar surface area (TPSA) is 31.4 Å². The van der Waals surface area contributed by atoms with E-state index in [1.54, 1.807) is 13.2 Å². The third-order valence-electron chi connectivity index (χ3n) is 3.45. The summed E-state index contributed by atoms with van der Waals surface area (Å²) >= 11 is 12.1. The highest BCUT2D eigenvalue weighted by molar-refractivity contribution is 6.18. The summed E-state index contributed by atoms with van der Waals surface area (Å²) < 4.78 is 10.7. The molecule has 0 unspecified atom stereocenters. The molecule has 1 aromatic heterocycles. The zero-order chi connectivity index (χ0) is 20.9. The van der Waals surface area contributed by atoms with Gasteiger partial charge in [0.25, 0.3) is 0 Å². The maximum atomic E-state index is 6.10. The molecule has 5 heteroatoms. The summed E-state index contributed by atoms with van der Waals surface area (Å²) in [6, 6.07) is 9.12. The minimum absolute atomic E-state index is 0.295. The molecule has 2 aromatic rings. The molecule has 0 N–H and O–H groups in total. The van der Waals surface area contributed by atoms with Crippen LogP contribution >= 0.6 is 23.2 Å². The smallest absolute Gasteiger partial charge is 0.231 e. The molecule has 0 spiro atoms. The van der Waals surface area contributed by atoms with Gasteiger partial charge in [0, 0.05) is 46.8 Å². The number of aromatic nitrogens is 1. The maximum absolute atomic E-state index is 6.10. The van der Waals surface area contributed by atoms with Gasteiger partial charge in [-0.05, 0) is 47.4 Å². The monoisotopic (exact) mass is 417 g/mol. The van der Waals surface area contributed by atoms with Crippen molar-refractivity contribution in [3.8, 4) is 82.8 Å². The Kier molecular flexibility index (Phi) is 8.91. The predicted octanol–water partition coefficient (Wildman–Crippen LogP) is 4.22. The summed E-state index contributed by atoms with van der Waals surface area (Å²) in [5.41, 5.74) is 3.23. The van der Waals surface area contributed by atoms with Crippen molar-refractivity contribution >= 4 is 23.2 Å². The molecular weight excluding hydrogens is 405 g/mol. The second-order valence-corrected chi connectivity index (χ2v) is 5.71. The van der Waals surface area contributed by atoms with E-state index in [-0.39, 0.29) is 0 Å². The van der Waals surface area contributed by atoms with Gasteiger partial charge in [0.05, 0.1) is 18.7 Å². The molecule has 0 bridgehead atoms. The Bertz CT molecular complexity index is 1180. The molecule has 0 aliphatic rings. The highest BCUT2D eigenvalue weighted by Crippen LogP contribution is 2.32. The van der Waals surface area contributed by atoms with E-state index < -0.39 is 0 Å². The van der Waals surface area contributed by atoms with Crippen molar-refractivity contribution in [2.75, 3.05) is 7.11 Å². The van der Waals surface area contributed by atoms with Crippen molar-refractivity contribution in [1.82, 2.24) is 4.98 Å². The lowest BCUT2D eigenvalue weighted by atomic mass is 10.0. The Hall–Kier alpha value is -3.65. The molecule has 0 radical (unpaired) electrons. The second-order valence-electron chi connectivity index (χ2n) is 5.17. The van der Waals surface area contributed by atoms with E-state index in [2.05, 4.69) is 58.5 Å². The Balaban J connectivity index is 2.23. The lowest BCUT2D eigenvalue weighted by Crippen LogP contribution is -1.97. The Morgan fingerprint density at radius 2 is 1.62 bits per heavy atom. The SMILES string of the molecule is C#CC#CC#CC#CC#COc1cccc(-c2cc(CCl)c(OC)cc2CCl)n1. The van der Waals surface area contributed by atoms with Gasteiger partial charge in [-0.2, -0.15) is 0 Å². The molecule has 1 heterocycles. The standard InChI is InChI=1S/C24H13Cl2NO2/c1-3-4-5-6-7-8-9-10-14-29-24-13-11-12-22(27-24)21-15-20(18-26)23(28-2)16-19(21)17-25/h1,11-13,15-16H,17-18H2,2H3. The fourth-order valence-electron chi connectivity index (χ4n) is 2.23. The normalized spacial score (nSPS) is 8.34. The van der Waals surface area contributed by atoms with E-state index in [1.807, 2.05) is 24.3 Å². The molecule has 2 rings (SSSR count). The molecule has 0 saturated heterocycles. The Morgan fingerprint density at radius 1 is 0.931 bits per heavy atom. The first kappa shape index (κ1) is 21.6. The van der Waals surface area contributed by atoms with Crippen molar-refractivity contribution in [2.45, 2.75) is 11.8 Å². The number of alkyl halides is 2. The van der Waals surface area contributed by atoms with Gasteiger partial charge < -0.3 is 9.47 Å². The van der Waals surface area contributed by atoms with Crippen LogP contribution in [0.2, 0.25) is 0 Å². The van der Waals surface area contributed by atoms with E-state index in [4.69, 9.17) is 39.1 Å². The minimum Gasteiger partial charge on any atom is -0.496 e. The van der Waals surface area contributed by atoms with Gasteiger partial charge in [-0.3, -0.25) is 0 Å². The van der Waals surface area contributed by atoms with E-state index in [0.717, 1.165) is 16.7 Å². The first-order chi connectivity index (χ1) is 14.2. The number of hydrogen-bond donors (Lipinski definition) is 0. The minimum atomic E-state index is 0.295. The van der Waals surface area contributed by atoms with Crippen LogP contribution in [-0.2, 0) is 11.8 Å². The van der Waals surface area contributed by atoms with Gasteiger partial charge in [-0.15, -0.1) is 29.6 Å². The highest BCUT2D eigenvalue weighted by Gasteiger charge is 2.13. The summed E-state index contributed by atoms with van der Waals surface area (Å²) in [6.45, 7) is 0. The van der Waals surface area contributed by atoms with Gasteiger partial charge in [0.15, 0.2) is 0 Å². The number of hydrogen-bond acceptors (Lipinski definition) is 3. The quantitative estimate of drug-likeness (QED) is 0.539. The average molecular weight is 418 g/mol. The van der Waals surface area contributed by atoms with Crippen molar-refractivity contribution in [1.29, 1.82) is 0 Å². The number of halogens is 2. The molecule has 29 heavy (non-hydrogen) atoms. The zero-order valence-corrected chi connectivity index (χ0v) is 16.9. The van der Waals surface area contributed by atoms with Crippen molar-refractivity contribution in [2.24, 2.45) is 0 Å². The van der Waals surface area contributed by atoms with Crippen LogP contribution in [-0.4, -0.2) is 12.1 Å². The summed E-state index contributed by atoms with van der Waals surface area (Å²) in [4.78, 5) is 4.47. The number of methoxy groups -OCH3 is 1. The molecule has 0 aliphatic carbocycles. The van der Waals surface area contributed by atoms with Crippen LogP contribution in [0.5, 0.6) is 11.6 Å². The summed E-state index contributed by atoms with van der Waals surface area (Å²) in [5.74, 6) is 21.1. The lowest BCUT2D eigenvalue weighted by Gasteiger charge is -2.13. The summed E-state index contributed by atoms with van der Waals surface area (Å²) in [5, 5.41) is 0. The summed E-state index contributed by atoms with van der Waals surface area (Å²) in [7, 11) is 1.59. The van der Waals surface area contributed by atoms with Crippen LogP contribution < -0.4 is 9.47 Å². The molecule has 140 valence electrons. The van der Waals surface area contributed by atoms with Crippen LogP contribution in [0.1, 0.15) is 11.1 Å². The largest absolute Gasteiger partial charge is 0.496 e. The fraction of sp³-hybridized carbons (Fsp3) is 0.125. The van der Waals surface area contributed by atoms with Gasteiger partial charge in [0.1, 0.15) is 11.9 Å². The van der Waals surface area contributed by atoms with Crippen LogP contribution in [0.3, 0.4) is 0 Å². The number of rotatable bonds is 5. The van der Waals surface area contributed by atoms with Crippen LogP contribution in [0.4, 0.5) is 0 Å². The third-order valence-corrected chi connectivity index (χ3v) is 4.02. The van der Waals surface area contributed by atoms with Crippen molar-refractivity contribution < 1.29 is 9.47 Å². The Morgan fingerprint density at radius 3 is 2.28 bits per heavy atom. The van der Waals surface area contributed by atoms with E-state index >= 15 is 0 Å². The fourth-order valence-corrected chi connectivity index (χ4v) is 2.66. The van der Waals surface area contributed by atoms with Crippen molar-refractivity contribution in [3.05, 3.63) is 41.5 Å². The first-order valence-corrected chi connectivity index (χ1v) is 9.22. The molecule has 3 nitrogen and oxygen atoms in total. The molecule has 0 amide bonds. The summed E-state index contributed by atoms with van der Waals surface area (Å²) in [6.07, 6.45) is 7.43.